The van der Waals surface area contributed by atoms with Crippen LogP contribution in [0.25, 0.3) is 0 Å². The van der Waals surface area contributed by atoms with Crippen LogP contribution in [0, 0.1) is 0 Å². The van der Waals surface area contributed by atoms with Gasteiger partial charge in [-0.1, -0.05) is 0 Å². The third-order valence-electron chi connectivity index (χ3n) is 2.38. The summed E-state index contributed by atoms with van der Waals surface area (Å²) in [4.78, 5) is 0. The minimum atomic E-state index is -3.30. The standard InChI is InChI=1S/C9H18N4O2S/c1-7(4-10-3)16(14,15)13-8(2)9-5-11-12-6-9/h5-8,10,13H,4H2,1-3H3,(H,11,12). The van der Waals surface area contributed by atoms with Crippen LogP contribution in [0.3, 0.4) is 0 Å². The number of aromatic amines is 1. The van der Waals surface area contributed by atoms with Crippen molar-refractivity contribution < 1.29 is 8.42 Å². The summed E-state index contributed by atoms with van der Waals surface area (Å²) in [7, 11) is -1.57. The second-order valence-corrected chi connectivity index (χ2v) is 5.91. The Kier molecular flexibility index (Phi) is 4.45. The van der Waals surface area contributed by atoms with E-state index in [9.17, 15) is 8.42 Å². The van der Waals surface area contributed by atoms with Gasteiger partial charge in [0.05, 0.1) is 11.4 Å². The van der Waals surface area contributed by atoms with Crippen molar-refractivity contribution in [3.8, 4) is 0 Å². The van der Waals surface area contributed by atoms with Gasteiger partial charge in [0.15, 0.2) is 0 Å². The second-order valence-electron chi connectivity index (χ2n) is 3.78. The first kappa shape index (κ1) is 13.1. The molecule has 7 heteroatoms. The summed E-state index contributed by atoms with van der Waals surface area (Å²) in [6.07, 6.45) is 3.28. The number of nitrogens with one attached hydrogen (secondary N) is 3. The van der Waals surface area contributed by atoms with Crippen LogP contribution in [-0.2, 0) is 10.0 Å². The van der Waals surface area contributed by atoms with Crippen molar-refractivity contribution in [1.82, 2.24) is 20.2 Å². The largest absolute Gasteiger partial charge is 0.318 e. The molecular formula is C9H18N4O2S. The molecule has 1 aromatic rings. The van der Waals surface area contributed by atoms with E-state index < -0.39 is 15.3 Å². The van der Waals surface area contributed by atoms with E-state index in [0.717, 1.165) is 5.56 Å². The van der Waals surface area contributed by atoms with E-state index in [1.54, 1.807) is 33.3 Å². The summed E-state index contributed by atoms with van der Waals surface area (Å²) in [5.41, 5.74) is 0.820. The van der Waals surface area contributed by atoms with Gasteiger partial charge in [-0.2, -0.15) is 5.10 Å². The molecule has 0 fully saturated rings. The molecule has 0 aliphatic carbocycles. The van der Waals surface area contributed by atoms with Gasteiger partial charge >= 0.3 is 0 Å². The summed E-state index contributed by atoms with van der Waals surface area (Å²) in [5, 5.41) is 8.81. The minimum absolute atomic E-state index is 0.275. The topological polar surface area (TPSA) is 86.9 Å². The molecule has 0 aliphatic rings. The second kappa shape index (κ2) is 5.42. The first-order valence-electron chi connectivity index (χ1n) is 5.11. The van der Waals surface area contributed by atoms with Gasteiger partial charge in [-0.3, -0.25) is 5.10 Å². The van der Waals surface area contributed by atoms with Crippen LogP contribution in [0.5, 0.6) is 0 Å². The molecule has 0 aromatic carbocycles. The van der Waals surface area contributed by atoms with E-state index in [-0.39, 0.29) is 6.04 Å². The smallest absolute Gasteiger partial charge is 0.216 e. The van der Waals surface area contributed by atoms with E-state index in [0.29, 0.717) is 6.54 Å². The molecule has 0 aliphatic heterocycles. The average molecular weight is 246 g/mol. The van der Waals surface area contributed by atoms with Gasteiger partial charge in [-0.05, 0) is 20.9 Å². The Morgan fingerprint density at radius 2 is 2.19 bits per heavy atom. The molecule has 92 valence electrons. The third kappa shape index (κ3) is 3.29. The number of hydrogen-bond acceptors (Lipinski definition) is 4. The predicted octanol–water partition coefficient (Wildman–Crippen LogP) is -0.00200. The van der Waals surface area contributed by atoms with Crippen molar-refractivity contribution in [1.29, 1.82) is 0 Å². The molecule has 2 atom stereocenters. The Morgan fingerprint density at radius 1 is 1.50 bits per heavy atom. The Balaban J connectivity index is 2.66. The molecule has 0 saturated heterocycles. The van der Waals surface area contributed by atoms with Gasteiger partial charge in [0.2, 0.25) is 10.0 Å². The molecule has 0 amide bonds. The highest BCUT2D eigenvalue weighted by atomic mass is 32.2. The van der Waals surface area contributed by atoms with Crippen LogP contribution >= 0.6 is 0 Å². The van der Waals surface area contributed by atoms with Crippen molar-refractivity contribution in [2.24, 2.45) is 0 Å². The van der Waals surface area contributed by atoms with E-state index in [4.69, 9.17) is 0 Å². The highest BCUT2D eigenvalue weighted by Crippen LogP contribution is 2.12. The summed E-state index contributed by atoms with van der Waals surface area (Å²) in [5.74, 6) is 0. The SMILES string of the molecule is CNCC(C)S(=O)(=O)NC(C)c1cn[nH]c1. The molecule has 1 rings (SSSR count). The normalized spacial score (nSPS) is 15.9. The molecule has 0 saturated carbocycles. The summed E-state index contributed by atoms with van der Waals surface area (Å²) >= 11 is 0. The fraction of sp³-hybridized carbons (Fsp3) is 0.667. The van der Waals surface area contributed by atoms with Crippen LogP contribution in [0.4, 0.5) is 0 Å². The highest BCUT2D eigenvalue weighted by molar-refractivity contribution is 7.90. The van der Waals surface area contributed by atoms with Gasteiger partial charge in [0.1, 0.15) is 0 Å². The Labute approximate surface area is 95.9 Å². The summed E-state index contributed by atoms with van der Waals surface area (Å²) in [6, 6.07) is -0.275. The number of H-pyrrole nitrogens is 1. The Bertz CT molecular complexity index is 401. The lowest BCUT2D eigenvalue weighted by Crippen LogP contribution is -2.39. The molecular weight excluding hydrogens is 228 g/mol. The number of nitrogens with zero attached hydrogens (tertiary/aromatic N) is 1. The van der Waals surface area contributed by atoms with Crippen molar-refractivity contribution >= 4 is 10.0 Å². The molecule has 2 unspecified atom stereocenters. The van der Waals surface area contributed by atoms with E-state index in [1.165, 1.54) is 0 Å². The van der Waals surface area contributed by atoms with E-state index >= 15 is 0 Å². The monoisotopic (exact) mass is 246 g/mol. The number of rotatable bonds is 6. The predicted molar refractivity (Wildman–Crippen MR) is 62.4 cm³/mol. The lowest BCUT2D eigenvalue weighted by molar-refractivity contribution is 0.550. The molecule has 1 heterocycles. The quantitative estimate of drug-likeness (QED) is 0.659. The van der Waals surface area contributed by atoms with Gasteiger partial charge < -0.3 is 5.32 Å². The van der Waals surface area contributed by atoms with E-state index in [2.05, 4.69) is 20.2 Å². The van der Waals surface area contributed by atoms with Gasteiger partial charge in [0, 0.05) is 24.3 Å². The molecule has 0 radical (unpaired) electrons. The van der Waals surface area contributed by atoms with Crippen LogP contribution in [0.2, 0.25) is 0 Å². The molecule has 1 aromatic heterocycles. The maximum absolute atomic E-state index is 11.8. The number of aromatic nitrogens is 2. The minimum Gasteiger partial charge on any atom is -0.318 e. The fourth-order valence-corrected chi connectivity index (χ4v) is 2.57. The third-order valence-corrected chi connectivity index (χ3v) is 4.29. The van der Waals surface area contributed by atoms with E-state index in [1.807, 2.05) is 0 Å². The van der Waals surface area contributed by atoms with Crippen LogP contribution in [0.15, 0.2) is 12.4 Å². The maximum Gasteiger partial charge on any atom is 0.216 e. The first-order valence-corrected chi connectivity index (χ1v) is 6.66. The van der Waals surface area contributed by atoms with Crippen molar-refractivity contribution in [3.63, 3.8) is 0 Å². The molecule has 3 N–H and O–H groups in total. The molecule has 0 spiro atoms. The number of sulfonamides is 1. The first-order chi connectivity index (χ1) is 7.47. The van der Waals surface area contributed by atoms with Gasteiger partial charge in [-0.25, -0.2) is 13.1 Å². The zero-order chi connectivity index (χ0) is 12.2. The maximum atomic E-state index is 11.8. The number of hydrogen-bond donors (Lipinski definition) is 3. The molecule has 0 bridgehead atoms. The Hall–Kier alpha value is -0.920. The van der Waals surface area contributed by atoms with Crippen LogP contribution in [-0.4, -0.2) is 37.5 Å². The molecule has 6 nitrogen and oxygen atoms in total. The zero-order valence-corrected chi connectivity index (χ0v) is 10.5. The average Bonchev–Trinajstić information content (AvgIpc) is 2.70. The zero-order valence-electron chi connectivity index (χ0n) is 9.69. The lowest BCUT2D eigenvalue weighted by Gasteiger charge is -2.17. The van der Waals surface area contributed by atoms with Gasteiger partial charge in [0.25, 0.3) is 0 Å². The van der Waals surface area contributed by atoms with Crippen molar-refractivity contribution in [2.45, 2.75) is 25.1 Å². The van der Waals surface area contributed by atoms with Crippen molar-refractivity contribution in [3.05, 3.63) is 18.0 Å². The lowest BCUT2D eigenvalue weighted by atomic mass is 10.2. The van der Waals surface area contributed by atoms with Gasteiger partial charge in [-0.15, -0.1) is 0 Å². The fourth-order valence-electron chi connectivity index (χ4n) is 1.33. The Morgan fingerprint density at radius 3 is 2.69 bits per heavy atom. The molecule has 16 heavy (non-hydrogen) atoms. The van der Waals surface area contributed by atoms with Crippen LogP contribution < -0.4 is 10.0 Å². The van der Waals surface area contributed by atoms with Crippen molar-refractivity contribution in [2.75, 3.05) is 13.6 Å². The highest BCUT2D eigenvalue weighted by Gasteiger charge is 2.22. The summed E-state index contributed by atoms with van der Waals surface area (Å²) < 4.78 is 26.3. The summed E-state index contributed by atoms with van der Waals surface area (Å²) in [6.45, 7) is 3.88. The van der Waals surface area contributed by atoms with Crippen LogP contribution in [0.1, 0.15) is 25.5 Å².